The van der Waals surface area contributed by atoms with Crippen molar-refractivity contribution in [2.75, 3.05) is 10.8 Å². The molecular weight excluding hydrogens is 376 g/mol. The summed E-state index contributed by atoms with van der Waals surface area (Å²) < 4.78 is 27.2. The minimum absolute atomic E-state index is 0.0223. The van der Waals surface area contributed by atoms with Crippen molar-refractivity contribution in [2.24, 2.45) is 0 Å². The maximum absolute atomic E-state index is 13.1. The molecule has 3 aromatic rings. The largest absolute Gasteiger partial charge is 0.326 e. The van der Waals surface area contributed by atoms with Gasteiger partial charge >= 0.3 is 5.69 Å². The summed E-state index contributed by atoms with van der Waals surface area (Å²) in [5.41, 5.74) is -0.456. The minimum Gasteiger partial charge on any atom is -0.307 e. The van der Waals surface area contributed by atoms with Gasteiger partial charge in [-0.1, -0.05) is 6.07 Å². The molecule has 2 N–H and O–H groups in total. The molecule has 0 bridgehead atoms. The lowest BCUT2D eigenvalue weighted by atomic mass is 10.1. The zero-order valence-corrected chi connectivity index (χ0v) is 14.4. The number of aromatic amines is 2. The summed E-state index contributed by atoms with van der Waals surface area (Å²) in [6.45, 7) is 0.138. The Hall–Kier alpha value is -3.47. The number of H-pyrrole nitrogens is 2. The van der Waals surface area contributed by atoms with Gasteiger partial charge in [-0.3, -0.25) is 24.2 Å². The van der Waals surface area contributed by atoms with Crippen molar-refractivity contribution in [3.8, 4) is 0 Å². The molecule has 11 heteroatoms. The molecule has 1 aromatic heterocycles. The predicted octanol–water partition coefficient (Wildman–Crippen LogP) is 0.876. The van der Waals surface area contributed by atoms with Crippen molar-refractivity contribution in [3.63, 3.8) is 0 Å². The predicted molar refractivity (Wildman–Crippen MR) is 96.5 cm³/mol. The van der Waals surface area contributed by atoms with Gasteiger partial charge in [0.2, 0.25) is 0 Å². The van der Waals surface area contributed by atoms with E-state index in [1.807, 2.05) is 4.98 Å². The number of nitro benzene ring substituents is 1. The Morgan fingerprint density at radius 3 is 2.59 bits per heavy atom. The Balaban J connectivity index is 1.85. The molecule has 1 aliphatic heterocycles. The van der Waals surface area contributed by atoms with E-state index in [-0.39, 0.29) is 33.7 Å². The van der Waals surface area contributed by atoms with Gasteiger partial charge in [-0.25, -0.2) is 13.2 Å². The number of hydrogen-bond donors (Lipinski definition) is 2. The van der Waals surface area contributed by atoms with Crippen LogP contribution in [0.3, 0.4) is 0 Å². The number of anilines is 1. The van der Waals surface area contributed by atoms with Crippen LogP contribution in [0.2, 0.25) is 0 Å². The van der Waals surface area contributed by atoms with Crippen LogP contribution in [-0.4, -0.2) is 29.9 Å². The van der Waals surface area contributed by atoms with E-state index in [0.717, 1.165) is 4.31 Å². The van der Waals surface area contributed by atoms with Crippen LogP contribution >= 0.6 is 0 Å². The molecule has 0 unspecified atom stereocenters. The summed E-state index contributed by atoms with van der Waals surface area (Å²) in [4.78, 5) is 38.0. The normalized spacial score (nSPS) is 13.7. The van der Waals surface area contributed by atoms with E-state index < -0.39 is 26.2 Å². The van der Waals surface area contributed by atoms with Crippen molar-refractivity contribution in [2.45, 2.75) is 11.3 Å². The van der Waals surface area contributed by atoms with E-state index in [4.69, 9.17) is 0 Å². The Kier molecular flexibility index (Phi) is 3.63. The molecule has 0 aliphatic carbocycles. The van der Waals surface area contributed by atoms with Gasteiger partial charge in [0, 0.05) is 18.7 Å². The van der Waals surface area contributed by atoms with Crippen LogP contribution in [0.4, 0.5) is 11.4 Å². The maximum Gasteiger partial charge on any atom is 0.326 e. The Morgan fingerprint density at radius 2 is 1.85 bits per heavy atom. The first kappa shape index (κ1) is 17.0. The van der Waals surface area contributed by atoms with Gasteiger partial charge in [-0.2, -0.15) is 0 Å². The average Bonchev–Trinajstić information content (AvgIpc) is 3.05. The molecule has 0 fully saturated rings. The lowest BCUT2D eigenvalue weighted by Crippen LogP contribution is -2.29. The summed E-state index contributed by atoms with van der Waals surface area (Å²) in [6.07, 6.45) is 0.425. The van der Waals surface area contributed by atoms with Crippen molar-refractivity contribution in [1.82, 2.24) is 9.97 Å². The van der Waals surface area contributed by atoms with E-state index in [1.54, 1.807) is 6.07 Å². The highest BCUT2D eigenvalue weighted by atomic mass is 32.2. The van der Waals surface area contributed by atoms with Gasteiger partial charge in [0.15, 0.2) is 0 Å². The second kappa shape index (κ2) is 5.77. The monoisotopic (exact) mass is 388 g/mol. The molecule has 0 spiro atoms. The molecule has 2 heterocycles. The van der Waals surface area contributed by atoms with Crippen molar-refractivity contribution >= 4 is 32.3 Å². The number of rotatable bonds is 3. The number of aromatic nitrogens is 2. The van der Waals surface area contributed by atoms with Crippen LogP contribution in [0, 0.1) is 10.1 Å². The van der Waals surface area contributed by atoms with Crippen LogP contribution in [0.25, 0.3) is 10.9 Å². The Labute approximate surface area is 151 Å². The molecule has 0 saturated heterocycles. The number of nitro groups is 1. The number of sulfonamides is 1. The average molecular weight is 388 g/mol. The quantitative estimate of drug-likeness (QED) is 0.503. The zero-order chi connectivity index (χ0) is 19.3. The molecular formula is C16H12N4O6S. The van der Waals surface area contributed by atoms with E-state index in [9.17, 15) is 28.1 Å². The molecule has 4 rings (SSSR count). The fourth-order valence-corrected chi connectivity index (χ4v) is 4.66. The molecule has 138 valence electrons. The molecule has 0 radical (unpaired) electrons. The van der Waals surface area contributed by atoms with Crippen molar-refractivity contribution < 1.29 is 13.3 Å². The first-order valence-corrected chi connectivity index (χ1v) is 9.28. The molecule has 1 aliphatic rings. The van der Waals surface area contributed by atoms with Crippen LogP contribution in [0.15, 0.2) is 50.9 Å². The van der Waals surface area contributed by atoms with E-state index in [1.165, 1.54) is 30.3 Å². The highest BCUT2D eigenvalue weighted by Gasteiger charge is 2.32. The third-order valence-electron chi connectivity index (χ3n) is 4.43. The SMILES string of the molecule is O=c1[nH]c(=O)c2cc(S(=O)(=O)N3CCc4ccc([N+](=O)[O-])cc43)ccc2[nH]1. The van der Waals surface area contributed by atoms with E-state index in [0.29, 0.717) is 12.0 Å². The standard InChI is InChI=1S/C16H12N4O6S/c21-15-12-8-11(3-4-13(12)17-16(22)18-15)27(25,26)19-6-5-9-1-2-10(20(23)24)7-14(9)19/h1-4,7-8H,5-6H2,(H2,17,18,21,22). The van der Waals surface area contributed by atoms with Crippen molar-refractivity contribution in [3.05, 3.63) is 72.9 Å². The minimum atomic E-state index is -4.05. The van der Waals surface area contributed by atoms with E-state index >= 15 is 0 Å². The summed E-state index contributed by atoms with van der Waals surface area (Å²) in [5.74, 6) is 0. The fraction of sp³-hybridized carbons (Fsp3) is 0.125. The maximum atomic E-state index is 13.1. The Bertz CT molecular complexity index is 1320. The highest BCUT2D eigenvalue weighted by Crippen LogP contribution is 2.35. The summed E-state index contributed by atoms with van der Waals surface area (Å²) in [6, 6.07) is 7.89. The third-order valence-corrected chi connectivity index (χ3v) is 6.24. The number of hydrogen-bond acceptors (Lipinski definition) is 6. The van der Waals surface area contributed by atoms with Gasteiger partial charge in [-0.05, 0) is 30.2 Å². The van der Waals surface area contributed by atoms with Crippen LogP contribution in [-0.2, 0) is 16.4 Å². The number of nitrogens with zero attached hydrogens (tertiary/aromatic N) is 2. The van der Waals surface area contributed by atoms with Gasteiger partial charge in [0.25, 0.3) is 21.3 Å². The summed E-state index contributed by atoms with van der Waals surface area (Å²) >= 11 is 0. The number of nitrogens with one attached hydrogen (secondary N) is 2. The zero-order valence-electron chi connectivity index (χ0n) is 13.6. The third kappa shape index (κ3) is 2.68. The number of benzene rings is 2. The number of non-ortho nitro benzene ring substituents is 1. The van der Waals surface area contributed by atoms with Gasteiger partial charge < -0.3 is 4.98 Å². The van der Waals surface area contributed by atoms with Gasteiger partial charge in [0.1, 0.15) is 0 Å². The lowest BCUT2D eigenvalue weighted by Gasteiger charge is -2.19. The summed E-state index contributed by atoms with van der Waals surface area (Å²) in [5, 5.41) is 11.0. The van der Waals surface area contributed by atoms with Crippen LogP contribution < -0.4 is 15.6 Å². The molecule has 0 amide bonds. The van der Waals surface area contributed by atoms with Crippen molar-refractivity contribution in [1.29, 1.82) is 0 Å². The lowest BCUT2D eigenvalue weighted by molar-refractivity contribution is -0.384. The second-order valence-electron chi connectivity index (χ2n) is 6.01. The Morgan fingerprint density at radius 1 is 1.07 bits per heavy atom. The molecule has 2 aromatic carbocycles. The topological polar surface area (TPSA) is 146 Å². The number of fused-ring (bicyclic) bond motifs is 2. The first-order valence-electron chi connectivity index (χ1n) is 7.84. The molecule has 0 saturated carbocycles. The van der Waals surface area contributed by atoms with Gasteiger partial charge in [0.05, 0.1) is 26.4 Å². The van der Waals surface area contributed by atoms with Crippen LogP contribution in [0.5, 0.6) is 0 Å². The smallest absolute Gasteiger partial charge is 0.307 e. The molecule has 0 atom stereocenters. The van der Waals surface area contributed by atoms with Gasteiger partial charge in [-0.15, -0.1) is 0 Å². The summed E-state index contributed by atoms with van der Waals surface area (Å²) in [7, 11) is -4.05. The second-order valence-corrected chi connectivity index (χ2v) is 7.88. The fourth-order valence-electron chi connectivity index (χ4n) is 3.13. The molecule has 10 nitrogen and oxygen atoms in total. The first-order chi connectivity index (χ1) is 12.8. The van der Waals surface area contributed by atoms with E-state index in [2.05, 4.69) is 4.98 Å². The highest BCUT2D eigenvalue weighted by molar-refractivity contribution is 7.92. The molecule has 27 heavy (non-hydrogen) atoms. The van der Waals surface area contributed by atoms with Crippen LogP contribution in [0.1, 0.15) is 5.56 Å².